The summed E-state index contributed by atoms with van der Waals surface area (Å²) >= 11 is 0. The minimum absolute atomic E-state index is 0.152. The number of aliphatic hydroxyl groups is 1. The number of nitrogens with one attached hydrogen (secondary N) is 1. The number of nitrogens with zero attached hydrogens (tertiary/aromatic N) is 1. The van der Waals surface area contributed by atoms with Crippen LogP contribution in [-0.4, -0.2) is 37.4 Å². The van der Waals surface area contributed by atoms with E-state index >= 15 is 0 Å². The van der Waals surface area contributed by atoms with Crippen molar-refractivity contribution in [3.8, 4) is 0 Å². The maximum Gasteiger partial charge on any atom is 0.0633 e. The molecule has 0 bridgehead atoms. The van der Waals surface area contributed by atoms with Crippen LogP contribution < -0.4 is 10.2 Å². The van der Waals surface area contributed by atoms with E-state index in [1.807, 2.05) is 7.05 Å². The average molecular weight is 262 g/mol. The Morgan fingerprint density at radius 3 is 2.37 bits per heavy atom. The van der Waals surface area contributed by atoms with Crippen LogP contribution in [0.2, 0.25) is 0 Å². The Balaban J connectivity index is 2.15. The molecule has 3 heteroatoms. The topological polar surface area (TPSA) is 35.5 Å². The van der Waals surface area contributed by atoms with Gasteiger partial charge in [0, 0.05) is 18.8 Å². The lowest BCUT2D eigenvalue weighted by Gasteiger charge is -2.38. The Morgan fingerprint density at radius 2 is 1.95 bits per heavy atom. The molecule has 19 heavy (non-hydrogen) atoms. The van der Waals surface area contributed by atoms with Gasteiger partial charge in [-0.05, 0) is 51.8 Å². The van der Waals surface area contributed by atoms with Gasteiger partial charge < -0.3 is 15.3 Å². The van der Waals surface area contributed by atoms with E-state index in [4.69, 9.17) is 0 Å². The molecule has 2 rings (SSSR count). The van der Waals surface area contributed by atoms with Crippen molar-refractivity contribution in [3.05, 3.63) is 29.8 Å². The van der Waals surface area contributed by atoms with E-state index in [-0.39, 0.29) is 12.1 Å². The lowest BCUT2D eigenvalue weighted by atomic mass is 9.93. The lowest BCUT2D eigenvalue weighted by molar-refractivity contribution is 0.152. The molecule has 1 aromatic carbocycles. The Kier molecular flexibility index (Phi) is 4.48. The maximum atomic E-state index is 9.83. The van der Waals surface area contributed by atoms with Crippen molar-refractivity contribution in [3.63, 3.8) is 0 Å². The quantitative estimate of drug-likeness (QED) is 0.790. The first-order chi connectivity index (χ1) is 9.15. The van der Waals surface area contributed by atoms with Gasteiger partial charge in [0.05, 0.1) is 12.1 Å². The summed E-state index contributed by atoms with van der Waals surface area (Å²) in [4.78, 5) is 2.35. The molecule has 0 heterocycles. The molecule has 1 fully saturated rings. The zero-order chi connectivity index (χ0) is 13.9. The Hall–Kier alpha value is -1.06. The van der Waals surface area contributed by atoms with E-state index in [0.717, 1.165) is 13.1 Å². The first-order valence-electron chi connectivity index (χ1n) is 7.26. The molecule has 1 aromatic rings. The first kappa shape index (κ1) is 14.4. The molecule has 0 aromatic heterocycles. The molecule has 1 unspecified atom stereocenters. The largest absolute Gasteiger partial charge is 0.394 e. The summed E-state index contributed by atoms with van der Waals surface area (Å²) in [5, 5.41) is 13.2. The molecule has 1 saturated carbocycles. The van der Waals surface area contributed by atoms with Crippen molar-refractivity contribution >= 4 is 5.69 Å². The van der Waals surface area contributed by atoms with Gasteiger partial charge in [0.15, 0.2) is 0 Å². The van der Waals surface area contributed by atoms with Gasteiger partial charge in [0.2, 0.25) is 0 Å². The standard InChI is InChI=1S/C16H26N2O/c1-4-18(15-9-5-13(2)6-10-15)11-16(12-19,17-3)14-7-8-14/h5-6,9-10,14,17,19H,4,7-8,11-12H2,1-3H3. The van der Waals surface area contributed by atoms with Crippen molar-refractivity contribution in [1.82, 2.24) is 5.32 Å². The van der Waals surface area contributed by atoms with Crippen LogP contribution in [-0.2, 0) is 0 Å². The zero-order valence-corrected chi connectivity index (χ0v) is 12.3. The summed E-state index contributed by atoms with van der Waals surface area (Å²) in [6.07, 6.45) is 2.46. The number of aliphatic hydroxyl groups excluding tert-OH is 1. The van der Waals surface area contributed by atoms with Crippen molar-refractivity contribution in [1.29, 1.82) is 0 Å². The minimum atomic E-state index is -0.152. The van der Waals surface area contributed by atoms with Crippen LogP contribution in [0.5, 0.6) is 0 Å². The van der Waals surface area contributed by atoms with Crippen LogP contribution in [0.3, 0.4) is 0 Å². The third-order valence-electron chi connectivity index (χ3n) is 4.39. The van der Waals surface area contributed by atoms with Gasteiger partial charge in [-0.2, -0.15) is 0 Å². The molecule has 106 valence electrons. The van der Waals surface area contributed by atoms with Gasteiger partial charge in [0.25, 0.3) is 0 Å². The van der Waals surface area contributed by atoms with Crippen molar-refractivity contribution in [2.75, 3.05) is 31.6 Å². The lowest BCUT2D eigenvalue weighted by Crippen LogP contribution is -2.56. The number of anilines is 1. The highest BCUT2D eigenvalue weighted by atomic mass is 16.3. The minimum Gasteiger partial charge on any atom is -0.394 e. The molecule has 0 aliphatic heterocycles. The second-order valence-electron chi connectivity index (χ2n) is 5.69. The van der Waals surface area contributed by atoms with Crippen LogP contribution >= 0.6 is 0 Å². The molecular weight excluding hydrogens is 236 g/mol. The summed E-state index contributed by atoms with van der Waals surface area (Å²) in [5.74, 6) is 0.613. The number of rotatable bonds is 7. The number of hydrogen-bond donors (Lipinski definition) is 2. The third kappa shape index (κ3) is 3.10. The second kappa shape index (κ2) is 5.93. The number of hydrogen-bond acceptors (Lipinski definition) is 3. The molecule has 1 aliphatic rings. The normalized spacial score (nSPS) is 18.1. The zero-order valence-electron chi connectivity index (χ0n) is 12.3. The summed E-state index contributed by atoms with van der Waals surface area (Å²) in [6.45, 7) is 6.31. The van der Waals surface area contributed by atoms with E-state index in [0.29, 0.717) is 5.92 Å². The molecule has 0 saturated heterocycles. The predicted molar refractivity (Wildman–Crippen MR) is 80.7 cm³/mol. The van der Waals surface area contributed by atoms with Gasteiger partial charge in [-0.3, -0.25) is 0 Å². The summed E-state index contributed by atoms with van der Waals surface area (Å²) < 4.78 is 0. The number of aryl methyl sites for hydroxylation is 1. The highest BCUT2D eigenvalue weighted by Crippen LogP contribution is 2.40. The molecule has 2 N–H and O–H groups in total. The Labute approximate surface area is 116 Å². The second-order valence-corrected chi connectivity index (χ2v) is 5.69. The maximum absolute atomic E-state index is 9.83. The van der Waals surface area contributed by atoms with E-state index in [1.54, 1.807) is 0 Å². The van der Waals surface area contributed by atoms with E-state index in [1.165, 1.54) is 24.1 Å². The summed E-state index contributed by atoms with van der Waals surface area (Å²) in [7, 11) is 1.97. The monoisotopic (exact) mass is 262 g/mol. The third-order valence-corrected chi connectivity index (χ3v) is 4.39. The van der Waals surface area contributed by atoms with E-state index in [2.05, 4.69) is 48.3 Å². The average Bonchev–Trinajstić information content (AvgIpc) is 3.27. The van der Waals surface area contributed by atoms with Gasteiger partial charge in [-0.25, -0.2) is 0 Å². The molecule has 0 amide bonds. The highest BCUT2D eigenvalue weighted by molar-refractivity contribution is 5.48. The molecule has 1 atom stereocenters. The van der Waals surface area contributed by atoms with Gasteiger partial charge in [0.1, 0.15) is 0 Å². The van der Waals surface area contributed by atoms with E-state index < -0.39 is 0 Å². The molecule has 3 nitrogen and oxygen atoms in total. The fourth-order valence-electron chi connectivity index (χ4n) is 2.79. The van der Waals surface area contributed by atoms with Crippen molar-refractivity contribution in [2.45, 2.75) is 32.2 Å². The van der Waals surface area contributed by atoms with Crippen LogP contribution in [0.15, 0.2) is 24.3 Å². The van der Waals surface area contributed by atoms with Crippen LogP contribution in [0.1, 0.15) is 25.3 Å². The first-order valence-corrected chi connectivity index (χ1v) is 7.26. The fourth-order valence-corrected chi connectivity index (χ4v) is 2.79. The van der Waals surface area contributed by atoms with Gasteiger partial charge >= 0.3 is 0 Å². The summed E-state index contributed by atoms with van der Waals surface area (Å²) in [5.41, 5.74) is 2.37. The molecule has 0 spiro atoms. The van der Waals surface area contributed by atoms with Crippen LogP contribution in [0, 0.1) is 12.8 Å². The van der Waals surface area contributed by atoms with Gasteiger partial charge in [-0.1, -0.05) is 17.7 Å². The predicted octanol–water partition coefficient (Wildman–Crippen LogP) is 2.18. The van der Waals surface area contributed by atoms with Gasteiger partial charge in [-0.15, -0.1) is 0 Å². The fraction of sp³-hybridized carbons (Fsp3) is 0.625. The SMILES string of the molecule is CCN(CC(CO)(NC)C1CC1)c1ccc(C)cc1. The number of benzene rings is 1. The molecule has 0 radical (unpaired) electrons. The Bertz CT molecular complexity index is 394. The number of likely N-dealkylation sites (N-methyl/N-ethyl adjacent to an activating group) is 2. The van der Waals surface area contributed by atoms with Crippen molar-refractivity contribution in [2.24, 2.45) is 5.92 Å². The smallest absolute Gasteiger partial charge is 0.0633 e. The Morgan fingerprint density at radius 1 is 1.32 bits per heavy atom. The summed E-state index contributed by atoms with van der Waals surface area (Å²) in [6, 6.07) is 8.64. The highest BCUT2D eigenvalue weighted by Gasteiger charge is 2.44. The van der Waals surface area contributed by atoms with Crippen LogP contribution in [0.25, 0.3) is 0 Å². The molecular formula is C16H26N2O. The molecule has 1 aliphatic carbocycles. The van der Waals surface area contributed by atoms with E-state index in [9.17, 15) is 5.11 Å². The van der Waals surface area contributed by atoms with Crippen molar-refractivity contribution < 1.29 is 5.11 Å². The van der Waals surface area contributed by atoms with Crippen LogP contribution in [0.4, 0.5) is 5.69 Å².